The third-order valence-electron chi connectivity index (χ3n) is 6.41. The largest absolute Gasteiger partial charge is 0.361 e. The van der Waals surface area contributed by atoms with E-state index >= 15 is 0 Å². The fourth-order valence-corrected chi connectivity index (χ4v) is 5.72. The molecule has 4 aliphatic heterocycles. The molecule has 1 amide bonds. The summed E-state index contributed by atoms with van der Waals surface area (Å²) >= 11 is 1.77. The van der Waals surface area contributed by atoms with Crippen molar-refractivity contribution in [3.63, 3.8) is 0 Å². The molecular formula is C20H27N5OS. The number of carbonyl (C=O) groups excluding carboxylic acids is 1. The number of fused-ring (bicyclic) bond motifs is 4. The van der Waals surface area contributed by atoms with Crippen LogP contribution >= 0.6 is 11.3 Å². The van der Waals surface area contributed by atoms with Crippen LogP contribution in [0.4, 0.5) is 5.00 Å². The molecule has 4 fully saturated rings. The topological polar surface area (TPSA) is 51.7 Å². The fourth-order valence-electron chi connectivity index (χ4n) is 4.60. The van der Waals surface area contributed by atoms with Gasteiger partial charge in [-0.1, -0.05) is 0 Å². The summed E-state index contributed by atoms with van der Waals surface area (Å²) in [4.78, 5) is 24.5. The summed E-state index contributed by atoms with van der Waals surface area (Å²) < 4.78 is 1.15. The van der Waals surface area contributed by atoms with Crippen LogP contribution < -0.4 is 10.2 Å². The van der Waals surface area contributed by atoms with E-state index < -0.39 is 0 Å². The van der Waals surface area contributed by atoms with Gasteiger partial charge in [0.05, 0.1) is 5.00 Å². The highest BCUT2D eigenvalue weighted by Crippen LogP contribution is 2.33. The molecule has 144 valence electrons. The normalized spacial score (nSPS) is 28.6. The lowest BCUT2D eigenvalue weighted by Crippen LogP contribution is -2.57. The van der Waals surface area contributed by atoms with Gasteiger partial charge in [-0.3, -0.25) is 9.78 Å². The highest BCUT2D eigenvalue weighted by Gasteiger charge is 2.35. The number of thiophene rings is 1. The van der Waals surface area contributed by atoms with Gasteiger partial charge in [0.25, 0.3) is 5.91 Å². The quantitative estimate of drug-likeness (QED) is 0.874. The first-order valence-electron chi connectivity index (χ1n) is 10.0. The molecule has 4 aliphatic rings. The summed E-state index contributed by atoms with van der Waals surface area (Å²) in [5.41, 5.74) is 0.547. The molecule has 1 atom stereocenters. The van der Waals surface area contributed by atoms with E-state index in [9.17, 15) is 4.79 Å². The lowest BCUT2D eigenvalue weighted by atomic mass is 9.84. The SMILES string of the molecule is CN1CCN(c2cc3cnc(C(=O)N[C@H]4CN5CCC4CC5)cc3s2)CC1. The van der Waals surface area contributed by atoms with Crippen molar-refractivity contribution in [3.8, 4) is 0 Å². The molecule has 4 saturated heterocycles. The minimum Gasteiger partial charge on any atom is -0.361 e. The number of aromatic nitrogens is 1. The van der Waals surface area contributed by atoms with Gasteiger partial charge in [-0.15, -0.1) is 11.3 Å². The molecular weight excluding hydrogens is 358 g/mol. The molecule has 6 rings (SSSR count). The number of amides is 1. The number of anilines is 1. The van der Waals surface area contributed by atoms with Gasteiger partial charge in [0.2, 0.25) is 0 Å². The van der Waals surface area contributed by atoms with Crippen LogP contribution in [0.15, 0.2) is 18.3 Å². The second-order valence-electron chi connectivity index (χ2n) is 8.20. The molecule has 2 aromatic heterocycles. The third-order valence-corrected chi connectivity index (χ3v) is 7.57. The molecule has 27 heavy (non-hydrogen) atoms. The van der Waals surface area contributed by atoms with Crippen LogP contribution in [0.1, 0.15) is 23.3 Å². The van der Waals surface area contributed by atoms with Crippen molar-refractivity contribution in [2.24, 2.45) is 5.92 Å². The zero-order valence-corrected chi connectivity index (χ0v) is 16.7. The van der Waals surface area contributed by atoms with Gasteiger partial charge in [-0.25, -0.2) is 0 Å². The second-order valence-corrected chi connectivity index (χ2v) is 9.26. The van der Waals surface area contributed by atoms with Gasteiger partial charge in [0, 0.05) is 55.0 Å². The van der Waals surface area contributed by atoms with Gasteiger partial charge < -0.3 is 20.0 Å². The van der Waals surface area contributed by atoms with Crippen molar-refractivity contribution in [2.45, 2.75) is 18.9 Å². The van der Waals surface area contributed by atoms with Gasteiger partial charge in [0.15, 0.2) is 0 Å². The maximum atomic E-state index is 12.8. The van der Waals surface area contributed by atoms with Gasteiger partial charge in [-0.05, 0) is 51.0 Å². The summed E-state index contributed by atoms with van der Waals surface area (Å²) in [5.74, 6) is 0.610. The number of nitrogens with one attached hydrogen (secondary N) is 1. The minimum atomic E-state index is -0.0230. The van der Waals surface area contributed by atoms with E-state index in [1.165, 1.54) is 30.9 Å². The maximum Gasteiger partial charge on any atom is 0.270 e. The number of nitrogens with zero attached hydrogens (tertiary/aromatic N) is 4. The number of hydrogen-bond acceptors (Lipinski definition) is 6. The van der Waals surface area contributed by atoms with Crippen molar-refractivity contribution < 1.29 is 4.79 Å². The fraction of sp³-hybridized carbons (Fsp3) is 0.600. The lowest BCUT2D eigenvalue weighted by Gasteiger charge is -2.44. The molecule has 6 nitrogen and oxygen atoms in total. The standard InChI is InChI=1S/C20H27N5OS/c1-23-6-8-25(9-7-23)19-10-15-12-21-16(11-18(15)27-19)20(26)22-17-13-24-4-2-14(17)3-5-24/h10-12,14,17H,2-9,13H2,1H3,(H,22,26)/t17-/m0/s1. The second kappa shape index (κ2) is 7.04. The van der Waals surface area contributed by atoms with Crippen LogP contribution in [0.3, 0.4) is 0 Å². The molecule has 0 aromatic carbocycles. The van der Waals surface area contributed by atoms with Crippen LogP contribution in [0.25, 0.3) is 10.1 Å². The Morgan fingerprint density at radius 2 is 1.93 bits per heavy atom. The minimum absolute atomic E-state index is 0.0230. The van der Waals surface area contributed by atoms with Gasteiger partial charge in [-0.2, -0.15) is 0 Å². The number of likely N-dealkylation sites (N-methyl/N-ethyl adjacent to an activating group) is 1. The Morgan fingerprint density at radius 1 is 1.15 bits per heavy atom. The number of pyridine rings is 1. The van der Waals surface area contributed by atoms with Crippen molar-refractivity contribution in [1.82, 2.24) is 20.1 Å². The lowest BCUT2D eigenvalue weighted by molar-refractivity contribution is 0.0618. The summed E-state index contributed by atoms with van der Waals surface area (Å²) in [6.07, 6.45) is 4.27. The zero-order valence-electron chi connectivity index (χ0n) is 15.9. The number of piperidine rings is 3. The summed E-state index contributed by atoms with van der Waals surface area (Å²) in [7, 11) is 2.17. The highest BCUT2D eigenvalue weighted by atomic mass is 32.1. The van der Waals surface area contributed by atoms with Crippen molar-refractivity contribution in [1.29, 1.82) is 0 Å². The maximum absolute atomic E-state index is 12.8. The van der Waals surface area contributed by atoms with Crippen LogP contribution in [0.2, 0.25) is 0 Å². The van der Waals surface area contributed by atoms with E-state index in [4.69, 9.17) is 0 Å². The number of piperazine rings is 1. The molecule has 7 heteroatoms. The first kappa shape index (κ1) is 17.4. The monoisotopic (exact) mass is 385 g/mol. The smallest absolute Gasteiger partial charge is 0.270 e. The van der Waals surface area contributed by atoms with E-state index in [1.54, 1.807) is 11.3 Å². The first-order valence-corrected chi connectivity index (χ1v) is 10.8. The summed E-state index contributed by atoms with van der Waals surface area (Å²) in [5, 5.41) is 5.67. The van der Waals surface area contributed by atoms with Crippen LogP contribution in [0.5, 0.6) is 0 Å². The molecule has 0 saturated carbocycles. The van der Waals surface area contributed by atoms with E-state index in [0.717, 1.165) is 42.8 Å². The summed E-state index contributed by atoms with van der Waals surface area (Å²) in [6, 6.07) is 4.46. The predicted molar refractivity (Wildman–Crippen MR) is 110 cm³/mol. The Hall–Kier alpha value is -1.70. The van der Waals surface area contributed by atoms with E-state index in [-0.39, 0.29) is 11.9 Å². The molecule has 0 spiro atoms. The third kappa shape index (κ3) is 3.44. The van der Waals surface area contributed by atoms with E-state index in [2.05, 4.69) is 38.1 Å². The first-order chi connectivity index (χ1) is 13.2. The van der Waals surface area contributed by atoms with Gasteiger partial charge >= 0.3 is 0 Å². The number of rotatable bonds is 3. The van der Waals surface area contributed by atoms with Crippen LogP contribution in [-0.4, -0.2) is 79.6 Å². The van der Waals surface area contributed by atoms with Crippen molar-refractivity contribution in [2.75, 3.05) is 57.8 Å². The molecule has 0 unspecified atom stereocenters. The molecule has 2 bridgehead atoms. The Morgan fingerprint density at radius 3 is 2.63 bits per heavy atom. The molecule has 1 N–H and O–H groups in total. The average Bonchev–Trinajstić information content (AvgIpc) is 3.12. The van der Waals surface area contributed by atoms with Crippen molar-refractivity contribution >= 4 is 32.3 Å². The molecule has 0 radical (unpaired) electrons. The predicted octanol–water partition coefficient (Wildman–Crippen LogP) is 1.87. The molecule has 2 aromatic rings. The van der Waals surface area contributed by atoms with Gasteiger partial charge in [0.1, 0.15) is 5.69 Å². The molecule has 6 heterocycles. The number of carbonyl (C=O) groups is 1. The Bertz CT molecular complexity index is 836. The average molecular weight is 386 g/mol. The zero-order chi connectivity index (χ0) is 18.4. The Balaban J connectivity index is 1.31. The Kier molecular flexibility index (Phi) is 4.53. The van der Waals surface area contributed by atoms with E-state index in [1.807, 2.05) is 12.3 Å². The molecule has 0 aliphatic carbocycles. The van der Waals surface area contributed by atoms with Crippen LogP contribution in [-0.2, 0) is 0 Å². The van der Waals surface area contributed by atoms with Crippen LogP contribution in [0, 0.1) is 5.92 Å². The van der Waals surface area contributed by atoms with E-state index in [0.29, 0.717) is 11.6 Å². The highest BCUT2D eigenvalue weighted by molar-refractivity contribution is 7.22. The number of hydrogen-bond donors (Lipinski definition) is 1. The van der Waals surface area contributed by atoms with Crippen molar-refractivity contribution in [3.05, 3.63) is 24.0 Å². The summed E-state index contributed by atoms with van der Waals surface area (Å²) in [6.45, 7) is 7.68. The Labute approximate surface area is 164 Å².